The fourth-order valence-electron chi connectivity index (χ4n) is 5.69. The summed E-state index contributed by atoms with van der Waals surface area (Å²) in [5.41, 5.74) is 2.26. The number of nitrogens with zero attached hydrogens (tertiary/aromatic N) is 3. The Morgan fingerprint density at radius 3 is 2.27 bits per heavy atom. The van der Waals surface area contributed by atoms with Crippen LogP contribution in [0.15, 0.2) is 47.8 Å². The number of aromatic nitrogens is 1. The van der Waals surface area contributed by atoms with Gasteiger partial charge in [-0.15, -0.1) is 11.3 Å². The maximum atomic E-state index is 13.4. The minimum atomic E-state index is -0.102. The quantitative estimate of drug-likeness (QED) is 0.397. The Kier molecular flexibility index (Phi) is 9.41. The van der Waals surface area contributed by atoms with E-state index in [0.717, 1.165) is 50.3 Å². The molecule has 1 aromatic heterocycles. The van der Waals surface area contributed by atoms with Crippen LogP contribution in [0.3, 0.4) is 0 Å². The van der Waals surface area contributed by atoms with Crippen molar-refractivity contribution >= 4 is 23.2 Å². The third-order valence-corrected chi connectivity index (χ3v) is 9.00. The second-order valence-electron chi connectivity index (χ2n) is 10.5. The summed E-state index contributed by atoms with van der Waals surface area (Å²) >= 11 is 1.54. The van der Waals surface area contributed by atoms with Gasteiger partial charge in [0.25, 0.3) is 11.8 Å². The highest BCUT2D eigenvalue weighted by Crippen LogP contribution is 2.41. The summed E-state index contributed by atoms with van der Waals surface area (Å²) in [6, 6.07) is 14.1. The molecule has 0 spiro atoms. The van der Waals surface area contributed by atoms with E-state index in [9.17, 15) is 9.59 Å². The third kappa shape index (κ3) is 6.65. The molecule has 5 rings (SSSR count). The van der Waals surface area contributed by atoms with E-state index in [1.807, 2.05) is 16.3 Å². The lowest BCUT2D eigenvalue weighted by Crippen LogP contribution is -2.44. The molecule has 2 aliphatic rings. The molecule has 2 saturated heterocycles. The molecule has 2 amide bonds. The Bertz CT molecular complexity index is 1330. The molecule has 0 radical (unpaired) electrons. The zero-order valence-electron chi connectivity index (χ0n) is 23.9. The van der Waals surface area contributed by atoms with Crippen LogP contribution in [0.4, 0.5) is 0 Å². The van der Waals surface area contributed by atoms with Crippen molar-refractivity contribution in [2.24, 2.45) is 0 Å². The van der Waals surface area contributed by atoms with E-state index in [4.69, 9.17) is 19.2 Å². The Hall–Kier alpha value is -3.63. The lowest BCUT2D eigenvalue weighted by molar-refractivity contribution is 0.0708. The van der Waals surface area contributed by atoms with Crippen molar-refractivity contribution in [1.82, 2.24) is 20.1 Å². The van der Waals surface area contributed by atoms with Crippen molar-refractivity contribution in [3.8, 4) is 17.2 Å². The zero-order valence-corrected chi connectivity index (χ0v) is 24.7. The second kappa shape index (κ2) is 13.4. The molecular weight excluding hydrogens is 540 g/mol. The molecule has 2 aromatic carbocycles. The minimum absolute atomic E-state index is 0.0952. The first kappa shape index (κ1) is 28.9. The molecule has 41 heavy (non-hydrogen) atoms. The Balaban J connectivity index is 1.12. The third-order valence-electron chi connectivity index (χ3n) is 7.99. The fraction of sp³-hybridized carbons (Fsp3) is 0.452. The van der Waals surface area contributed by atoms with Crippen molar-refractivity contribution in [1.29, 1.82) is 0 Å². The van der Waals surface area contributed by atoms with Crippen LogP contribution >= 0.6 is 11.3 Å². The van der Waals surface area contributed by atoms with Gasteiger partial charge >= 0.3 is 0 Å². The van der Waals surface area contributed by atoms with Gasteiger partial charge in [0.05, 0.1) is 31.9 Å². The molecule has 3 aromatic rings. The van der Waals surface area contributed by atoms with Crippen molar-refractivity contribution in [3.63, 3.8) is 0 Å². The van der Waals surface area contributed by atoms with Crippen LogP contribution in [0.25, 0.3) is 0 Å². The van der Waals surface area contributed by atoms with E-state index in [1.54, 1.807) is 19.2 Å². The van der Waals surface area contributed by atoms with E-state index in [1.165, 1.54) is 31.1 Å². The monoisotopic (exact) mass is 578 g/mol. The van der Waals surface area contributed by atoms with Crippen LogP contribution < -0.4 is 19.5 Å². The van der Waals surface area contributed by atoms with E-state index >= 15 is 0 Å². The maximum Gasteiger partial charge on any atom is 0.270 e. The average molecular weight is 579 g/mol. The van der Waals surface area contributed by atoms with Gasteiger partial charge in [0.2, 0.25) is 5.75 Å². The summed E-state index contributed by atoms with van der Waals surface area (Å²) in [6.45, 7) is 4.08. The summed E-state index contributed by atoms with van der Waals surface area (Å²) in [5, 5.41) is 6.02. The number of piperidine rings is 2. The molecule has 218 valence electrons. The number of carbonyl (C=O) groups excluding carboxylic acids is 2. The highest BCUT2D eigenvalue weighted by molar-refractivity contribution is 7.09. The van der Waals surface area contributed by atoms with E-state index in [-0.39, 0.29) is 23.8 Å². The van der Waals surface area contributed by atoms with Gasteiger partial charge in [0.1, 0.15) is 5.69 Å². The first-order valence-electron chi connectivity index (χ1n) is 14.1. The number of thiazole rings is 1. The Morgan fingerprint density at radius 1 is 0.902 bits per heavy atom. The molecule has 0 aliphatic carbocycles. The van der Waals surface area contributed by atoms with Crippen LogP contribution in [-0.2, 0) is 6.54 Å². The van der Waals surface area contributed by atoms with Crippen molar-refractivity contribution < 1.29 is 23.8 Å². The molecule has 0 bridgehead atoms. The minimum Gasteiger partial charge on any atom is -0.493 e. The number of carbonyl (C=O) groups is 2. The largest absolute Gasteiger partial charge is 0.493 e. The molecule has 0 unspecified atom stereocenters. The highest BCUT2D eigenvalue weighted by atomic mass is 32.1. The number of rotatable bonds is 9. The van der Waals surface area contributed by atoms with Gasteiger partial charge in [0, 0.05) is 50.1 Å². The lowest BCUT2D eigenvalue weighted by Gasteiger charge is -2.32. The maximum absolute atomic E-state index is 13.4. The molecule has 0 saturated carbocycles. The van der Waals surface area contributed by atoms with Crippen molar-refractivity contribution in [3.05, 3.63) is 69.7 Å². The Labute approximate surface area is 245 Å². The topological polar surface area (TPSA) is 93.2 Å². The van der Waals surface area contributed by atoms with E-state index in [2.05, 4.69) is 34.5 Å². The van der Waals surface area contributed by atoms with Gasteiger partial charge in [-0.1, -0.05) is 30.3 Å². The SMILES string of the molecule is COc1ccc(C(=O)N2CCC(c3nc(C(=O)NC4CCN(Cc5ccccc5)CC4)cs3)CC2)c(OC)c1OC. The summed E-state index contributed by atoms with van der Waals surface area (Å²) in [7, 11) is 4.59. The molecule has 2 aliphatic heterocycles. The number of benzene rings is 2. The number of methoxy groups -OCH3 is 3. The average Bonchev–Trinajstić information content (AvgIpc) is 3.52. The standard InChI is InChI=1S/C31H38N4O5S/c1-38-26-10-9-24(27(39-2)28(26)40-3)31(37)35-17-11-22(12-18-35)30-33-25(20-41-30)29(36)32-23-13-15-34(16-14-23)19-21-7-5-4-6-8-21/h4-10,20,22-23H,11-19H2,1-3H3,(H,32,36). The van der Waals surface area contributed by atoms with Gasteiger partial charge in [-0.25, -0.2) is 4.98 Å². The van der Waals surface area contributed by atoms with Crippen molar-refractivity contribution in [2.45, 2.75) is 44.2 Å². The molecule has 2 fully saturated rings. The van der Waals surface area contributed by atoms with E-state index in [0.29, 0.717) is 41.6 Å². The molecule has 3 heterocycles. The first-order chi connectivity index (χ1) is 20.0. The summed E-state index contributed by atoms with van der Waals surface area (Å²) in [5.74, 6) is 1.31. The normalized spacial score (nSPS) is 16.8. The smallest absolute Gasteiger partial charge is 0.270 e. The Morgan fingerprint density at radius 2 is 1.61 bits per heavy atom. The molecular formula is C31H38N4O5S. The first-order valence-corrected chi connectivity index (χ1v) is 15.0. The van der Waals surface area contributed by atoms with Gasteiger partial charge in [-0.3, -0.25) is 14.5 Å². The van der Waals surface area contributed by atoms with Gasteiger partial charge in [-0.05, 0) is 43.4 Å². The van der Waals surface area contributed by atoms with Crippen LogP contribution in [0.1, 0.15) is 63.0 Å². The predicted molar refractivity (Wildman–Crippen MR) is 158 cm³/mol. The number of hydrogen-bond donors (Lipinski definition) is 1. The number of nitrogens with one attached hydrogen (secondary N) is 1. The fourth-order valence-corrected chi connectivity index (χ4v) is 6.66. The zero-order chi connectivity index (χ0) is 28.8. The van der Waals surface area contributed by atoms with E-state index < -0.39 is 0 Å². The van der Waals surface area contributed by atoms with Crippen LogP contribution in [-0.4, -0.2) is 80.1 Å². The number of amides is 2. The molecule has 10 heteroatoms. The van der Waals surface area contributed by atoms with Crippen molar-refractivity contribution in [2.75, 3.05) is 47.5 Å². The molecule has 9 nitrogen and oxygen atoms in total. The van der Waals surface area contributed by atoms with Crippen LogP contribution in [0.5, 0.6) is 17.2 Å². The molecule has 1 N–H and O–H groups in total. The predicted octanol–water partition coefficient (Wildman–Crippen LogP) is 4.58. The highest BCUT2D eigenvalue weighted by Gasteiger charge is 2.30. The molecule has 0 atom stereocenters. The summed E-state index contributed by atoms with van der Waals surface area (Å²) in [4.78, 5) is 35.3. The summed E-state index contributed by atoms with van der Waals surface area (Å²) < 4.78 is 16.3. The number of hydrogen-bond acceptors (Lipinski definition) is 8. The number of likely N-dealkylation sites (tertiary alicyclic amines) is 2. The number of ether oxygens (including phenoxy) is 3. The van der Waals surface area contributed by atoms with Crippen LogP contribution in [0.2, 0.25) is 0 Å². The van der Waals surface area contributed by atoms with Crippen LogP contribution in [0, 0.1) is 0 Å². The lowest BCUT2D eigenvalue weighted by atomic mass is 9.96. The van der Waals surface area contributed by atoms with Gasteiger partial charge in [-0.2, -0.15) is 0 Å². The summed E-state index contributed by atoms with van der Waals surface area (Å²) in [6.07, 6.45) is 3.45. The second-order valence-corrected chi connectivity index (χ2v) is 11.4. The van der Waals surface area contributed by atoms with Gasteiger partial charge < -0.3 is 24.4 Å². The van der Waals surface area contributed by atoms with Gasteiger partial charge in [0.15, 0.2) is 11.5 Å².